The van der Waals surface area contributed by atoms with Crippen molar-refractivity contribution in [2.45, 2.75) is 57.0 Å². The number of piperidine rings is 2. The minimum Gasteiger partial charge on any atom is -0.381 e. The van der Waals surface area contributed by atoms with E-state index in [1.807, 2.05) is 21.8 Å². The van der Waals surface area contributed by atoms with E-state index in [9.17, 15) is 4.79 Å². The summed E-state index contributed by atoms with van der Waals surface area (Å²) in [6.45, 7) is 5.80. The molecule has 3 fully saturated rings. The van der Waals surface area contributed by atoms with Gasteiger partial charge in [-0.15, -0.1) is 0 Å². The molecule has 6 heteroatoms. The quantitative estimate of drug-likeness (QED) is 0.843. The lowest BCUT2D eigenvalue weighted by atomic mass is 10.00. The van der Waals surface area contributed by atoms with Crippen molar-refractivity contribution in [1.29, 1.82) is 0 Å². The average molecular weight is 346 g/mol. The molecule has 138 valence electrons. The van der Waals surface area contributed by atoms with E-state index in [1.54, 1.807) is 0 Å². The number of amides is 1. The molecule has 1 aromatic rings. The molecule has 4 rings (SSSR count). The van der Waals surface area contributed by atoms with Crippen molar-refractivity contribution < 1.29 is 9.53 Å². The van der Waals surface area contributed by atoms with Gasteiger partial charge in [0.15, 0.2) is 0 Å². The van der Waals surface area contributed by atoms with Crippen molar-refractivity contribution in [1.82, 2.24) is 19.6 Å². The van der Waals surface area contributed by atoms with Crippen molar-refractivity contribution in [3.05, 3.63) is 18.0 Å². The van der Waals surface area contributed by atoms with Crippen LogP contribution in [0.3, 0.4) is 0 Å². The molecule has 3 saturated heterocycles. The van der Waals surface area contributed by atoms with Gasteiger partial charge in [0, 0.05) is 38.5 Å². The van der Waals surface area contributed by atoms with Crippen molar-refractivity contribution in [3.8, 4) is 0 Å². The van der Waals surface area contributed by atoms with Crippen molar-refractivity contribution >= 4 is 5.91 Å². The number of hydrogen-bond acceptors (Lipinski definition) is 4. The van der Waals surface area contributed by atoms with E-state index in [0.29, 0.717) is 17.8 Å². The van der Waals surface area contributed by atoms with E-state index in [0.717, 1.165) is 52.0 Å². The molecule has 0 bridgehead atoms. The van der Waals surface area contributed by atoms with Gasteiger partial charge in [-0.1, -0.05) is 6.42 Å². The first-order valence-electron chi connectivity index (χ1n) is 9.97. The van der Waals surface area contributed by atoms with Crippen LogP contribution in [0.15, 0.2) is 12.3 Å². The molecule has 1 amide bonds. The highest BCUT2D eigenvalue weighted by Crippen LogP contribution is 2.23. The van der Waals surface area contributed by atoms with E-state index in [4.69, 9.17) is 4.74 Å². The number of ether oxygens (including phenoxy) is 1. The molecule has 0 radical (unpaired) electrons. The molecule has 0 unspecified atom stereocenters. The fourth-order valence-corrected chi connectivity index (χ4v) is 4.48. The van der Waals surface area contributed by atoms with E-state index in [1.165, 1.54) is 32.4 Å². The third-order valence-corrected chi connectivity index (χ3v) is 6.05. The van der Waals surface area contributed by atoms with Crippen LogP contribution < -0.4 is 0 Å². The molecule has 4 heterocycles. The lowest BCUT2D eigenvalue weighted by molar-refractivity contribution is 0.0576. The van der Waals surface area contributed by atoms with Crippen LogP contribution in [0.5, 0.6) is 0 Å². The summed E-state index contributed by atoms with van der Waals surface area (Å²) in [6, 6.07) is 2.93. The van der Waals surface area contributed by atoms with Gasteiger partial charge in [-0.3, -0.25) is 9.48 Å². The number of carbonyl (C=O) groups is 1. The first-order chi connectivity index (χ1) is 12.3. The van der Waals surface area contributed by atoms with Gasteiger partial charge in [0.1, 0.15) is 5.69 Å². The Labute approximate surface area is 150 Å². The summed E-state index contributed by atoms with van der Waals surface area (Å²) in [4.78, 5) is 17.4. The molecule has 6 nitrogen and oxygen atoms in total. The SMILES string of the molecule is O=C(c1ccn(C2CCOCC2)n1)N1CCC(N2CCCCC2)CC1. The van der Waals surface area contributed by atoms with Crippen LogP contribution in [0.25, 0.3) is 0 Å². The minimum atomic E-state index is 0.0999. The molecule has 0 spiro atoms. The molecular weight excluding hydrogens is 316 g/mol. The Hall–Kier alpha value is -1.40. The molecule has 0 atom stereocenters. The van der Waals surface area contributed by atoms with Crippen molar-refractivity contribution in [2.75, 3.05) is 39.4 Å². The third-order valence-electron chi connectivity index (χ3n) is 6.05. The predicted octanol–water partition coefficient (Wildman–Crippen LogP) is 2.33. The Kier molecular flexibility index (Phi) is 5.36. The molecule has 0 aromatic carbocycles. The number of likely N-dealkylation sites (tertiary alicyclic amines) is 2. The highest BCUT2D eigenvalue weighted by molar-refractivity contribution is 5.92. The maximum Gasteiger partial charge on any atom is 0.274 e. The van der Waals surface area contributed by atoms with Crippen LogP contribution in [0.2, 0.25) is 0 Å². The first-order valence-corrected chi connectivity index (χ1v) is 9.97. The molecule has 3 aliphatic rings. The summed E-state index contributed by atoms with van der Waals surface area (Å²) in [6.07, 6.45) is 10.2. The maximum atomic E-state index is 12.8. The number of aromatic nitrogens is 2. The van der Waals surface area contributed by atoms with Gasteiger partial charge in [-0.2, -0.15) is 5.10 Å². The molecule has 3 aliphatic heterocycles. The van der Waals surface area contributed by atoms with Gasteiger partial charge < -0.3 is 14.5 Å². The van der Waals surface area contributed by atoms with Gasteiger partial charge in [0.05, 0.1) is 6.04 Å². The highest BCUT2D eigenvalue weighted by Gasteiger charge is 2.29. The molecule has 25 heavy (non-hydrogen) atoms. The Balaban J connectivity index is 1.32. The molecule has 0 N–H and O–H groups in total. The van der Waals surface area contributed by atoms with Crippen LogP contribution in [-0.4, -0.2) is 70.9 Å². The fourth-order valence-electron chi connectivity index (χ4n) is 4.48. The zero-order valence-electron chi connectivity index (χ0n) is 15.1. The Bertz CT molecular complexity index is 568. The minimum absolute atomic E-state index is 0.0999. The average Bonchev–Trinajstić information content (AvgIpc) is 3.19. The highest BCUT2D eigenvalue weighted by atomic mass is 16.5. The summed E-state index contributed by atoms with van der Waals surface area (Å²) in [5.41, 5.74) is 0.600. The van der Waals surface area contributed by atoms with E-state index in [-0.39, 0.29) is 5.91 Å². The molecule has 1 aromatic heterocycles. The Morgan fingerprint density at radius 1 is 0.960 bits per heavy atom. The second-order valence-electron chi connectivity index (χ2n) is 7.64. The second-order valence-corrected chi connectivity index (χ2v) is 7.64. The van der Waals surface area contributed by atoms with Gasteiger partial charge in [-0.25, -0.2) is 0 Å². The molecule has 0 saturated carbocycles. The zero-order chi connectivity index (χ0) is 17.1. The number of hydrogen-bond donors (Lipinski definition) is 0. The predicted molar refractivity (Wildman–Crippen MR) is 95.7 cm³/mol. The van der Waals surface area contributed by atoms with E-state index < -0.39 is 0 Å². The van der Waals surface area contributed by atoms with Crippen LogP contribution in [0.1, 0.15) is 61.5 Å². The van der Waals surface area contributed by atoms with Crippen LogP contribution in [0, 0.1) is 0 Å². The van der Waals surface area contributed by atoms with E-state index >= 15 is 0 Å². The number of nitrogens with zero attached hydrogens (tertiary/aromatic N) is 4. The van der Waals surface area contributed by atoms with Crippen molar-refractivity contribution in [3.63, 3.8) is 0 Å². The first kappa shape index (κ1) is 17.0. The molecular formula is C19H30N4O2. The molecule has 0 aliphatic carbocycles. The number of rotatable bonds is 3. The summed E-state index contributed by atoms with van der Waals surface area (Å²) in [7, 11) is 0. The van der Waals surface area contributed by atoms with Gasteiger partial charge >= 0.3 is 0 Å². The largest absolute Gasteiger partial charge is 0.381 e. The van der Waals surface area contributed by atoms with E-state index in [2.05, 4.69) is 10.00 Å². The van der Waals surface area contributed by atoms with Crippen molar-refractivity contribution in [2.24, 2.45) is 0 Å². The number of carbonyl (C=O) groups excluding carboxylic acids is 1. The van der Waals surface area contributed by atoms with Crippen LogP contribution >= 0.6 is 0 Å². The van der Waals surface area contributed by atoms with Crippen LogP contribution in [-0.2, 0) is 4.74 Å². The Morgan fingerprint density at radius 3 is 2.40 bits per heavy atom. The standard InChI is InChI=1S/C19H30N4O2/c24-19(18-6-13-23(20-18)17-7-14-25-15-8-17)22-11-4-16(5-12-22)21-9-2-1-3-10-21/h6,13,16-17H,1-5,7-12,14-15H2. The van der Waals surface area contributed by atoms with Gasteiger partial charge in [0.25, 0.3) is 5.91 Å². The fraction of sp³-hybridized carbons (Fsp3) is 0.789. The zero-order valence-corrected chi connectivity index (χ0v) is 15.1. The second kappa shape index (κ2) is 7.87. The monoisotopic (exact) mass is 346 g/mol. The Morgan fingerprint density at radius 2 is 1.68 bits per heavy atom. The summed E-state index contributed by atoms with van der Waals surface area (Å²) >= 11 is 0. The lowest BCUT2D eigenvalue weighted by Gasteiger charge is -2.40. The smallest absolute Gasteiger partial charge is 0.274 e. The third kappa shape index (κ3) is 3.90. The van der Waals surface area contributed by atoms with Crippen LogP contribution in [0.4, 0.5) is 0 Å². The summed E-state index contributed by atoms with van der Waals surface area (Å²) in [5.74, 6) is 0.0999. The lowest BCUT2D eigenvalue weighted by Crippen LogP contribution is -2.48. The maximum absolute atomic E-state index is 12.8. The summed E-state index contributed by atoms with van der Waals surface area (Å²) < 4.78 is 7.38. The normalized spacial score (nSPS) is 24.6. The topological polar surface area (TPSA) is 50.6 Å². The van der Waals surface area contributed by atoms with Gasteiger partial charge in [-0.05, 0) is 57.7 Å². The van der Waals surface area contributed by atoms with Gasteiger partial charge in [0.2, 0.25) is 0 Å². The summed E-state index contributed by atoms with van der Waals surface area (Å²) in [5, 5.41) is 4.58.